The first kappa shape index (κ1) is 13.7. The van der Waals surface area contributed by atoms with Crippen LogP contribution in [0.1, 0.15) is 11.1 Å². The van der Waals surface area contributed by atoms with Crippen LogP contribution in [0.4, 0.5) is 18.9 Å². The molecule has 2 aromatic rings. The van der Waals surface area contributed by atoms with E-state index in [4.69, 9.17) is 11.6 Å². The Bertz CT molecular complexity index is 570. The number of pyridine rings is 1. The van der Waals surface area contributed by atoms with Gasteiger partial charge < -0.3 is 5.32 Å². The zero-order valence-corrected chi connectivity index (χ0v) is 10.5. The van der Waals surface area contributed by atoms with Crippen LogP contribution in [0.25, 0.3) is 0 Å². The molecule has 0 aliphatic carbocycles. The normalized spacial score (nSPS) is 11.4. The average Bonchev–Trinajstić information content (AvgIpc) is 2.37. The van der Waals surface area contributed by atoms with E-state index in [1.807, 2.05) is 0 Å². The highest BCUT2D eigenvalue weighted by Crippen LogP contribution is 2.32. The molecule has 2 nitrogen and oxygen atoms in total. The smallest absolute Gasteiger partial charge is 0.378 e. The number of nitrogens with zero attached hydrogens (tertiary/aromatic N) is 1. The van der Waals surface area contributed by atoms with E-state index in [9.17, 15) is 13.2 Å². The van der Waals surface area contributed by atoms with Gasteiger partial charge >= 0.3 is 6.18 Å². The van der Waals surface area contributed by atoms with Crippen molar-refractivity contribution in [1.29, 1.82) is 0 Å². The Morgan fingerprint density at radius 3 is 2.53 bits per heavy atom. The number of rotatable bonds is 3. The molecule has 0 aliphatic rings. The summed E-state index contributed by atoms with van der Waals surface area (Å²) in [5, 5.41) is 3.08. The number of nitrogens with one attached hydrogen (secondary N) is 1. The molecule has 0 saturated heterocycles. The van der Waals surface area contributed by atoms with Gasteiger partial charge in [0.25, 0.3) is 0 Å². The summed E-state index contributed by atoms with van der Waals surface area (Å²) in [6.45, 7) is 0.0289. The molecular weight excluding hydrogens is 277 g/mol. The summed E-state index contributed by atoms with van der Waals surface area (Å²) in [5.41, 5.74) is 0.0126. The molecule has 19 heavy (non-hydrogen) atoms. The summed E-state index contributed by atoms with van der Waals surface area (Å²) in [6.07, 6.45) is -2.85. The number of halogens is 4. The van der Waals surface area contributed by atoms with Crippen molar-refractivity contribution in [3.63, 3.8) is 0 Å². The zero-order chi connectivity index (χ0) is 13.9. The fourth-order valence-corrected chi connectivity index (χ4v) is 1.85. The van der Waals surface area contributed by atoms with Gasteiger partial charge in [-0.15, -0.1) is 0 Å². The highest BCUT2D eigenvalue weighted by molar-refractivity contribution is 6.31. The van der Waals surface area contributed by atoms with Crippen molar-refractivity contribution in [2.75, 3.05) is 5.32 Å². The summed E-state index contributed by atoms with van der Waals surface area (Å²) in [7, 11) is 0. The lowest BCUT2D eigenvalue weighted by Gasteiger charge is -2.14. The first-order chi connectivity index (χ1) is 8.98. The molecule has 0 radical (unpaired) electrons. The van der Waals surface area contributed by atoms with Crippen molar-refractivity contribution in [3.8, 4) is 0 Å². The Labute approximate surface area is 113 Å². The Morgan fingerprint density at radius 2 is 1.84 bits per heavy atom. The van der Waals surface area contributed by atoms with Crippen molar-refractivity contribution in [2.45, 2.75) is 12.7 Å². The molecule has 6 heteroatoms. The van der Waals surface area contributed by atoms with Crippen LogP contribution < -0.4 is 5.32 Å². The van der Waals surface area contributed by atoms with Gasteiger partial charge in [0.15, 0.2) is 5.15 Å². The van der Waals surface area contributed by atoms with Gasteiger partial charge in [-0.2, -0.15) is 13.2 Å². The molecule has 0 bridgehead atoms. The van der Waals surface area contributed by atoms with Gasteiger partial charge in [-0.05, 0) is 23.8 Å². The standard InChI is InChI=1S/C13H10ClF3N2/c14-12-11(6-3-7-18-12)19-8-9-4-1-2-5-10(9)13(15,16)17/h1-7,19H,8H2. The van der Waals surface area contributed by atoms with E-state index in [-0.39, 0.29) is 17.3 Å². The van der Waals surface area contributed by atoms with Crippen LogP contribution in [0.15, 0.2) is 42.6 Å². The van der Waals surface area contributed by atoms with Crippen molar-refractivity contribution in [2.24, 2.45) is 0 Å². The predicted octanol–water partition coefficient (Wildman–Crippen LogP) is 4.37. The van der Waals surface area contributed by atoms with Gasteiger partial charge in [0, 0.05) is 12.7 Å². The number of hydrogen-bond acceptors (Lipinski definition) is 2. The van der Waals surface area contributed by atoms with Crippen LogP contribution in [0.3, 0.4) is 0 Å². The summed E-state index contributed by atoms with van der Waals surface area (Å²) in [4.78, 5) is 3.84. The fraction of sp³-hybridized carbons (Fsp3) is 0.154. The third-order valence-corrected chi connectivity index (χ3v) is 2.85. The van der Waals surface area contributed by atoms with Crippen molar-refractivity contribution < 1.29 is 13.2 Å². The number of hydrogen-bond donors (Lipinski definition) is 1. The Hall–Kier alpha value is -1.75. The molecule has 2 rings (SSSR count). The highest BCUT2D eigenvalue weighted by atomic mass is 35.5. The molecule has 0 amide bonds. The highest BCUT2D eigenvalue weighted by Gasteiger charge is 2.32. The molecule has 1 aromatic carbocycles. The number of aromatic nitrogens is 1. The van der Waals surface area contributed by atoms with Crippen molar-refractivity contribution in [1.82, 2.24) is 4.98 Å². The molecule has 0 saturated carbocycles. The van der Waals surface area contributed by atoms with Crippen molar-refractivity contribution >= 4 is 17.3 Å². The van der Waals surface area contributed by atoms with Crippen molar-refractivity contribution in [3.05, 3.63) is 58.9 Å². The van der Waals surface area contributed by atoms with Crippen LogP contribution in [0, 0.1) is 0 Å². The fourth-order valence-electron chi connectivity index (χ4n) is 1.66. The molecule has 0 unspecified atom stereocenters. The maximum absolute atomic E-state index is 12.8. The van der Waals surface area contributed by atoms with Crippen LogP contribution in [-0.4, -0.2) is 4.98 Å². The monoisotopic (exact) mass is 286 g/mol. The van der Waals surface area contributed by atoms with Crippen LogP contribution in [0.2, 0.25) is 5.15 Å². The molecule has 0 aliphatic heterocycles. The quantitative estimate of drug-likeness (QED) is 0.848. The van der Waals surface area contributed by atoms with E-state index in [1.54, 1.807) is 18.2 Å². The first-order valence-electron chi connectivity index (χ1n) is 5.48. The minimum absolute atomic E-state index is 0.0289. The minimum atomic E-state index is -4.36. The lowest BCUT2D eigenvalue weighted by molar-refractivity contribution is -0.138. The second-order valence-electron chi connectivity index (χ2n) is 3.85. The molecule has 1 heterocycles. The van der Waals surface area contributed by atoms with Gasteiger partial charge in [0.2, 0.25) is 0 Å². The van der Waals surface area contributed by atoms with E-state index in [0.717, 1.165) is 6.07 Å². The topological polar surface area (TPSA) is 24.9 Å². The molecule has 0 fully saturated rings. The summed E-state index contributed by atoms with van der Waals surface area (Å²) < 4.78 is 38.4. The maximum Gasteiger partial charge on any atom is 0.416 e. The number of benzene rings is 1. The van der Waals surface area contributed by atoms with E-state index in [2.05, 4.69) is 10.3 Å². The molecule has 100 valence electrons. The average molecular weight is 287 g/mol. The second-order valence-corrected chi connectivity index (χ2v) is 4.21. The molecule has 0 atom stereocenters. The summed E-state index contributed by atoms with van der Waals surface area (Å²) >= 11 is 5.82. The van der Waals surface area contributed by atoms with E-state index in [0.29, 0.717) is 5.69 Å². The van der Waals surface area contributed by atoms with E-state index < -0.39 is 11.7 Å². The molecule has 0 spiro atoms. The zero-order valence-electron chi connectivity index (χ0n) is 9.71. The van der Waals surface area contributed by atoms with E-state index >= 15 is 0 Å². The maximum atomic E-state index is 12.8. The third kappa shape index (κ3) is 3.38. The summed E-state index contributed by atoms with van der Waals surface area (Å²) in [5.74, 6) is 0. The molecule has 1 aromatic heterocycles. The van der Waals surface area contributed by atoms with Gasteiger partial charge in [-0.1, -0.05) is 29.8 Å². The Kier molecular flexibility index (Phi) is 3.95. The molecular formula is C13H10ClF3N2. The first-order valence-corrected chi connectivity index (χ1v) is 5.86. The lowest BCUT2D eigenvalue weighted by Crippen LogP contribution is -2.11. The largest absolute Gasteiger partial charge is 0.416 e. The van der Waals surface area contributed by atoms with Crippen LogP contribution in [0.5, 0.6) is 0 Å². The van der Waals surface area contributed by atoms with Crippen LogP contribution in [-0.2, 0) is 12.7 Å². The second kappa shape index (κ2) is 5.48. The number of alkyl halides is 3. The number of anilines is 1. The van der Waals surface area contributed by atoms with Gasteiger partial charge in [-0.25, -0.2) is 4.98 Å². The SMILES string of the molecule is FC(F)(F)c1ccccc1CNc1cccnc1Cl. The predicted molar refractivity (Wildman–Crippen MR) is 68.0 cm³/mol. The minimum Gasteiger partial charge on any atom is -0.378 e. The lowest BCUT2D eigenvalue weighted by atomic mass is 10.1. The molecule has 1 N–H and O–H groups in total. The Balaban J connectivity index is 2.19. The third-order valence-electron chi connectivity index (χ3n) is 2.55. The van der Waals surface area contributed by atoms with Crippen LogP contribution >= 0.6 is 11.6 Å². The van der Waals surface area contributed by atoms with Gasteiger partial charge in [0.1, 0.15) is 0 Å². The summed E-state index contributed by atoms with van der Waals surface area (Å²) in [6, 6.07) is 8.73. The van der Waals surface area contributed by atoms with E-state index in [1.165, 1.54) is 18.3 Å². The van der Waals surface area contributed by atoms with Gasteiger partial charge in [0.05, 0.1) is 11.3 Å². The Morgan fingerprint density at radius 1 is 1.11 bits per heavy atom. The van der Waals surface area contributed by atoms with Gasteiger partial charge in [-0.3, -0.25) is 0 Å².